The number of nitrogens with two attached hydrogens (primary N) is 1. The van der Waals surface area contributed by atoms with Crippen molar-refractivity contribution in [1.29, 1.82) is 0 Å². The van der Waals surface area contributed by atoms with Crippen LogP contribution in [0.1, 0.15) is 12.7 Å². The Bertz CT molecular complexity index is 193. The Morgan fingerprint density at radius 2 is 2.50 bits per heavy atom. The average Bonchev–Trinajstić information content (AvgIpc) is 2.38. The van der Waals surface area contributed by atoms with Crippen molar-refractivity contribution in [3.05, 3.63) is 24.2 Å². The first-order chi connectivity index (χ1) is 4.67. The van der Waals surface area contributed by atoms with E-state index in [1.54, 1.807) is 12.1 Å². The summed E-state index contributed by atoms with van der Waals surface area (Å²) in [7, 11) is 0. The van der Waals surface area contributed by atoms with Crippen LogP contribution in [0.15, 0.2) is 22.8 Å². The van der Waals surface area contributed by atoms with Crippen molar-refractivity contribution < 1.29 is 8.81 Å². The maximum atomic E-state index is 13.2. The van der Waals surface area contributed by atoms with Gasteiger partial charge in [-0.1, -0.05) is 0 Å². The van der Waals surface area contributed by atoms with E-state index >= 15 is 0 Å². The lowest BCUT2D eigenvalue weighted by molar-refractivity contribution is 0.164. The maximum absolute atomic E-state index is 13.2. The van der Waals surface area contributed by atoms with Crippen LogP contribution >= 0.6 is 0 Å². The first-order valence-electron chi connectivity index (χ1n) is 3.10. The minimum atomic E-state index is -1.52. The summed E-state index contributed by atoms with van der Waals surface area (Å²) in [4.78, 5) is 0. The van der Waals surface area contributed by atoms with Gasteiger partial charge < -0.3 is 10.2 Å². The zero-order valence-corrected chi connectivity index (χ0v) is 5.80. The first kappa shape index (κ1) is 7.28. The van der Waals surface area contributed by atoms with Crippen LogP contribution < -0.4 is 5.73 Å². The molecule has 2 nitrogen and oxygen atoms in total. The van der Waals surface area contributed by atoms with Crippen LogP contribution in [0.2, 0.25) is 0 Å². The number of hydrogen-bond acceptors (Lipinski definition) is 2. The molecule has 0 radical (unpaired) electrons. The Labute approximate surface area is 58.8 Å². The molecule has 0 unspecified atom stereocenters. The highest BCUT2D eigenvalue weighted by atomic mass is 19.1. The van der Waals surface area contributed by atoms with Crippen molar-refractivity contribution in [3.8, 4) is 0 Å². The Hall–Kier alpha value is -0.830. The molecule has 0 saturated heterocycles. The molecule has 3 heteroatoms. The van der Waals surface area contributed by atoms with E-state index in [1.165, 1.54) is 13.2 Å². The monoisotopic (exact) mass is 143 g/mol. The average molecular weight is 143 g/mol. The van der Waals surface area contributed by atoms with Gasteiger partial charge in [0.15, 0.2) is 5.67 Å². The quantitative estimate of drug-likeness (QED) is 0.680. The molecule has 0 saturated carbocycles. The molecule has 0 amide bonds. The summed E-state index contributed by atoms with van der Waals surface area (Å²) in [5.41, 5.74) is 3.64. The van der Waals surface area contributed by atoms with E-state index in [0.717, 1.165) is 0 Å². The van der Waals surface area contributed by atoms with Crippen LogP contribution in [0.4, 0.5) is 4.39 Å². The molecular weight excluding hydrogens is 133 g/mol. The standard InChI is InChI=1S/C7H10FNO/c1-7(8,5-9)6-3-2-4-10-6/h2-4H,5,9H2,1H3/t7-/m1/s1. The Balaban J connectivity index is 2.85. The molecule has 1 aromatic heterocycles. The Morgan fingerprint density at radius 1 is 1.80 bits per heavy atom. The lowest BCUT2D eigenvalue weighted by atomic mass is 10.1. The second-order valence-corrected chi connectivity index (χ2v) is 2.38. The molecule has 10 heavy (non-hydrogen) atoms. The van der Waals surface area contributed by atoms with Gasteiger partial charge in [0.05, 0.1) is 6.26 Å². The molecule has 56 valence electrons. The predicted molar refractivity (Wildman–Crippen MR) is 36.2 cm³/mol. The lowest BCUT2D eigenvalue weighted by Gasteiger charge is -2.13. The highest BCUT2D eigenvalue weighted by Gasteiger charge is 2.26. The number of halogens is 1. The molecule has 1 heterocycles. The summed E-state index contributed by atoms with van der Waals surface area (Å²) >= 11 is 0. The van der Waals surface area contributed by atoms with Crippen LogP contribution in [-0.2, 0) is 5.67 Å². The van der Waals surface area contributed by atoms with Gasteiger partial charge in [-0.15, -0.1) is 0 Å². The van der Waals surface area contributed by atoms with Crippen molar-refractivity contribution >= 4 is 0 Å². The molecule has 0 fully saturated rings. The van der Waals surface area contributed by atoms with Crippen molar-refractivity contribution in [2.45, 2.75) is 12.6 Å². The van der Waals surface area contributed by atoms with Gasteiger partial charge >= 0.3 is 0 Å². The smallest absolute Gasteiger partial charge is 0.177 e. The third-order valence-corrected chi connectivity index (χ3v) is 1.42. The number of rotatable bonds is 2. The van der Waals surface area contributed by atoms with Gasteiger partial charge in [-0.05, 0) is 19.1 Å². The van der Waals surface area contributed by atoms with Gasteiger partial charge in [0.25, 0.3) is 0 Å². The fourth-order valence-electron chi connectivity index (χ4n) is 0.676. The lowest BCUT2D eigenvalue weighted by Crippen LogP contribution is -2.25. The van der Waals surface area contributed by atoms with Crippen molar-refractivity contribution in [2.24, 2.45) is 5.73 Å². The van der Waals surface area contributed by atoms with E-state index in [4.69, 9.17) is 10.2 Å². The van der Waals surface area contributed by atoms with E-state index in [-0.39, 0.29) is 12.3 Å². The van der Waals surface area contributed by atoms with Gasteiger partial charge in [-0.3, -0.25) is 0 Å². The minimum Gasteiger partial charge on any atom is -0.466 e. The zero-order chi connectivity index (χ0) is 7.61. The number of hydrogen-bond donors (Lipinski definition) is 1. The van der Waals surface area contributed by atoms with E-state index in [2.05, 4.69) is 0 Å². The molecule has 0 aliphatic heterocycles. The SMILES string of the molecule is C[C@@](F)(CN)c1ccco1. The van der Waals surface area contributed by atoms with Gasteiger partial charge in [0, 0.05) is 6.54 Å². The first-order valence-corrected chi connectivity index (χ1v) is 3.10. The summed E-state index contributed by atoms with van der Waals surface area (Å²) in [5.74, 6) is 0.287. The fraction of sp³-hybridized carbons (Fsp3) is 0.429. The fourth-order valence-corrected chi connectivity index (χ4v) is 0.676. The number of alkyl halides is 1. The Morgan fingerprint density at radius 3 is 2.90 bits per heavy atom. The second kappa shape index (κ2) is 2.42. The summed E-state index contributed by atoms with van der Waals surface area (Å²) in [5, 5.41) is 0. The maximum Gasteiger partial charge on any atom is 0.177 e. The van der Waals surface area contributed by atoms with Crippen LogP contribution in [-0.4, -0.2) is 6.54 Å². The molecular formula is C7H10FNO. The number of furan rings is 1. The molecule has 0 spiro atoms. The zero-order valence-electron chi connectivity index (χ0n) is 5.80. The predicted octanol–water partition coefficient (Wildman–Crippen LogP) is 1.42. The van der Waals surface area contributed by atoms with Crippen LogP contribution in [0.5, 0.6) is 0 Å². The molecule has 0 aliphatic rings. The topological polar surface area (TPSA) is 39.2 Å². The summed E-state index contributed by atoms with van der Waals surface area (Å²) in [6, 6.07) is 3.22. The minimum absolute atomic E-state index is 0.0550. The Kier molecular flexibility index (Phi) is 1.76. The molecule has 2 N–H and O–H groups in total. The van der Waals surface area contributed by atoms with Crippen LogP contribution in [0.25, 0.3) is 0 Å². The van der Waals surface area contributed by atoms with Crippen LogP contribution in [0.3, 0.4) is 0 Å². The molecule has 0 aromatic carbocycles. The normalized spacial score (nSPS) is 16.7. The molecule has 0 bridgehead atoms. The van der Waals surface area contributed by atoms with Gasteiger partial charge in [-0.2, -0.15) is 0 Å². The largest absolute Gasteiger partial charge is 0.466 e. The second-order valence-electron chi connectivity index (χ2n) is 2.38. The van der Waals surface area contributed by atoms with Crippen molar-refractivity contribution in [1.82, 2.24) is 0 Å². The molecule has 0 aliphatic carbocycles. The van der Waals surface area contributed by atoms with E-state index in [9.17, 15) is 4.39 Å². The summed E-state index contributed by atoms with van der Waals surface area (Å²) in [6.07, 6.45) is 1.43. The third-order valence-electron chi connectivity index (χ3n) is 1.42. The van der Waals surface area contributed by atoms with Crippen LogP contribution in [0, 0.1) is 0 Å². The van der Waals surface area contributed by atoms with E-state index in [0.29, 0.717) is 0 Å². The van der Waals surface area contributed by atoms with Crippen molar-refractivity contribution in [3.63, 3.8) is 0 Å². The summed E-state index contributed by atoms with van der Waals surface area (Å²) < 4.78 is 18.0. The summed E-state index contributed by atoms with van der Waals surface area (Å²) in [6.45, 7) is 1.34. The molecule has 1 atom stereocenters. The van der Waals surface area contributed by atoms with Gasteiger partial charge in [-0.25, -0.2) is 4.39 Å². The highest BCUT2D eigenvalue weighted by Crippen LogP contribution is 2.23. The van der Waals surface area contributed by atoms with E-state index < -0.39 is 5.67 Å². The molecule has 1 rings (SSSR count). The highest BCUT2D eigenvalue weighted by molar-refractivity contribution is 5.08. The molecule has 1 aromatic rings. The van der Waals surface area contributed by atoms with Crippen molar-refractivity contribution in [2.75, 3.05) is 6.54 Å². The van der Waals surface area contributed by atoms with E-state index in [1.807, 2.05) is 0 Å². The van der Waals surface area contributed by atoms with Gasteiger partial charge in [0.2, 0.25) is 0 Å². The van der Waals surface area contributed by atoms with Gasteiger partial charge in [0.1, 0.15) is 5.76 Å². The third kappa shape index (κ3) is 1.19.